The van der Waals surface area contributed by atoms with Crippen LogP contribution in [0, 0.1) is 17.0 Å². The summed E-state index contributed by atoms with van der Waals surface area (Å²) in [6.45, 7) is 3.51. The van der Waals surface area contributed by atoms with Crippen LogP contribution in [0.25, 0.3) is 0 Å². The summed E-state index contributed by atoms with van der Waals surface area (Å²) in [5.41, 5.74) is 1.36. The number of aromatic nitrogens is 1. The summed E-state index contributed by atoms with van der Waals surface area (Å²) in [6, 6.07) is 4.55. The number of nitrogens with one attached hydrogen (secondary N) is 1. The van der Waals surface area contributed by atoms with E-state index in [2.05, 4.69) is 10.3 Å². The van der Waals surface area contributed by atoms with E-state index in [4.69, 9.17) is 5.11 Å². The first-order chi connectivity index (χ1) is 9.88. The lowest BCUT2D eigenvalue weighted by molar-refractivity contribution is -0.385. The average molecular weight is 307 g/mol. The normalized spacial score (nSPS) is 11.9. The molecule has 0 saturated carbocycles. The molecule has 0 spiro atoms. The summed E-state index contributed by atoms with van der Waals surface area (Å²) >= 11 is 1.25. The van der Waals surface area contributed by atoms with Gasteiger partial charge >= 0.3 is 5.97 Å². The van der Waals surface area contributed by atoms with Crippen LogP contribution in [0.4, 0.5) is 11.4 Å². The van der Waals surface area contributed by atoms with Gasteiger partial charge in [-0.1, -0.05) is 0 Å². The largest absolute Gasteiger partial charge is 0.476 e. The van der Waals surface area contributed by atoms with Gasteiger partial charge in [0, 0.05) is 22.7 Å². The number of carboxylic acids is 1. The number of aryl methyl sites for hydroxylation is 1. The van der Waals surface area contributed by atoms with Gasteiger partial charge in [0.25, 0.3) is 5.69 Å². The zero-order chi connectivity index (χ0) is 15.6. The molecule has 0 aliphatic carbocycles. The van der Waals surface area contributed by atoms with Gasteiger partial charge in [-0.15, -0.1) is 11.3 Å². The molecular weight excluding hydrogens is 294 g/mol. The molecule has 2 rings (SSSR count). The van der Waals surface area contributed by atoms with Crippen LogP contribution >= 0.6 is 11.3 Å². The molecule has 2 N–H and O–H groups in total. The third-order valence-electron chi connectivity index (χ3n) is 2.89. The molecule has 0 fully saturated rings. The van der Waals surface area contributed by atoms with Crippen molar-refractivity contribution in [3.05, 3.63) is 50.0 Å². The van der Waals surface area contributed by atoms with Gasteiger partial charge < -0.3 is 10.4 Å². The third kappa shape index (κ3) is 3.34. The van der Waals surface area contributed by atoms with Gasteiger partial charge in [-0.25, -0.2) is 9.78 Å². The van der Waals surface area contributed by atoms with Crippen molar-refractivity contribution in [1.82, 2.24) is 4.98 Å². The SMILES string of the molecule is Cc1cc(NC(C)c2nc(C(=O)O)cs2)ccc1[N+](=O)[O-]. The van der Waals surface area contributed by atoms with Crippen LogP contribution in [-0.4, -0.2) is 21.0 Å². The van der Waals surface area contributed by atoms with E-state index in [0.29, 0.717) is 10.6 Å². The number of nitrogens with zero attached hydrogens (tertiary/aromatic N) is 2. The summed E-state index contributed by atoms with van der Waals surface area (Å²) in [7, 11) is 0. The van der Waals surface area contributed by atoms with Crippen LogP contribution in [0.15, 0.2) is 23.6 Å². The number of nitro benzene ring substituents is 1. The fourth-order valence-corrected chi connectivity index (χ4v) is 2.65. The first kappa shape index (κ1) is 14.9. The molecule has 1 aromatic heterocycles. The predicted molar refractivity (Wildman–Crippen MR) is 78.9 cm³/mol. The molecule has 110 valence electrons. The number of thiazole rings is 1. The third-order valence-corrected chi connectivity index (χ3v) is 3.92. The van der Waals surface area contributed by atoms with Gasteiger partial charge in [0.05, 0.1) is 11.0 Å². The zero-order valence-electron chi connectivity index (χ0n) is 11.4. The monoisotopic (exact) mass is 307 g/mol. The minimum Gasteiger partial charge on any atom is -0.476 e. The van der Waals surface area contributed by atoms with E-state index in [1.54, 1.807) is 19.1 Å². The van der Waals surface area contributed by atoms with Crippen LogP contribution in [-0.2, 0) is 0 Å². The topological polar surface area (TPSA) is 105 Å². The van der Waals surface area contributed by atoms with Gasteiger partial charge in [0.15, 0.2) is 5.69 Å². The molecule has 7 nitrogen and oxygen atoms in total. The second-order valence-electron chi connectivity index (χ2n) is 4.50. The molecule has 1 heterocycles. The summed E-state index contributed by atoms with van der Waals surface area (Å²) in [4.78, 5) is 25.2. The molecule has 1 aromatic carbocycles. The van der Waals surface area contributed by atoms with Crippen molar-refractivity contribution in [2.75, 3.05) is 5.32 Å². The first-order valence-corrected chi connectivity index (χ1v) is 6.96. The van der Waals surface area contributed by atoms with Crippen molar-refractivity contribution >= 4 is 28.7 Å². The van der Waals surface area contributed by atoms with Crippen LogP contribution < -0.4 is 5.32 Å². The van der Waals surface area contributed by atoms with Gasteiger partial charge in [-0.3, -0.25) is 10.1 Å². The van der Waals surface area contributed by atoms with E-state index < -0.39 is 10.9 Å². The molecule has 2 aromatic rings. The lowest BCUT2D eigenvalue weighted by Gasteiger charge is -2.13. The molecular formula is C13H13N3O4S. The van der Waals surface area contributed by atoms with Gasteiger partial charge in [0.1, 0.15) is 5.01 Å². The maximum Gasteiger partial charge on any atom is 0.355 e. The van der Waals surface area contributed by atoms with E-state index in [1.807, 2.05) is 6.92 Å². The first-order valence-electron chi connectivity index (χ1n) is 6.08. The Labute approximate surface area is 124 Å². The molecule has 0 aliphatic rings. The van der Waals surface area contributed by atoms with Crippen molar-refractivity contribution in [2.24, 2.45) is 0 Å². The van der Waals surface area contributed by atoms with Crippen molar-refractivity contribution in [1.29, 1.82) is 0 Å². The number of anilines is 1. The molecule has 0 radical (unpaired) electrons. The Bertz CT molecular complexity index is 698. The van der Waals surface area contributed by atoms with Crippen LogP contribution in [0.3, 0.4) is 0 Å². The minimum atomic E-state index is -1.06. The lowest BCUT2D eigenvalue weighted by Crippen LogP contribution is -2.07. The number of aromatic carboxylic acids is 1. The fourth-order valence-electron chi connectivity index (χ4n) is 1.85. The van der Waals surface area contributed by atoms with E-state index in [0.717, 1.165) is 5.69 Å². The summed E-state index contributed by atoms with van der Waals surface area (Å²) in [5, 5.41) is 24.9. The molecule has 0 bridgehead atoms. The molecule has 0 amide bonds. The number of benzene rings is 1. The predicted octanol–water partition coefficient (Wildman–Crippen LogP) is 3.23. The van der Waals surface area contributed by atoms with Crippen molar-refractivity contribution in [3.8, 4) is 0 Å². The molecule has 1 unspecified atom stereocenters. The maximum atomic E-state index is 10.8. The van der Waals surface area contributed by atoms with Crippen LogP contribution in [0.2, 0.25) is 0 Å². The molecule has 0 saturated heterocycles. The lowest BCUT2D eigenvalue weighted by atomic mass is 10.1. The maximum absolute atomic E-state index is 10.8. The zero-order valence-corrected chi connectivity index (χ0v) is 12.2. The molecule has 8 heteroatoms. The second-order valence-corrected chi connectivity index (χ2v) is 5.39. The van der Waals surface area contributed by atoms with Crippen LogP contribution in [0.5, 0.6) is 0 Å². The molecule has 0 aliphatic heterocycles. The Balaban J connectivity index is 2.15. The smallest absolute Gasteiger partial charge is 0.355 e. The summed E-state index contributed by atoms with van der Waals surface area (Å²) < 4.78 is 0. The van der Waals surface area contributed by atoms with Crippen LogP contribution in [0.1, 0.15) is 34.0 Å². The highest BCUT2D eigenvalue weighted by Crippen LogP contribution is 2.26. The Morgan fingerprint density at radius 3 is 2.76 bits per heavy atom. The molecule has 21 heavy (non-hydrogen) atoms. The van der Waals surface area contributed by atoms with Gasteiger partial charge in [0.2, 0.25) is 0 Å². The number of carboxylic acid groups (broad SMARTS) is 1. The average Bonchev–Trinajstić information content (AvgIpc) is 2.88. The summed E-state index contributed by atoms with van der Waals surface area (Å²) in [6.07, 6.45) is 0. The summed E-state index contributed by atoms with van der Waals surface area (Å²) in [5.74, 6) is -1.06. The Morgan fingerprint density at radius 2 is 2.24 bits per heavy atom. The van der Waals surface area contributed by atoms with E-state index in [1.165, 1.54) is 22.8 Å². The number of carbonyl (C=O) groups is 1. The van der Waals surface area contributed by atoms with E-state index >= 15 is 0 Å². The Kier molecular flexibility index (Phi) is 4.18. The van der Waals surface area contributed by atoms with Gasteiger partial charge in [-0.05, 0) is 26.0 Å². The van der Waals surface area contributed by atoms with Gasteiger partial charge in [-0.2, -0.15) is 0 Å². The van der Waals surface area contributed by atoms with Crippen molar-refractivity contribution in [2.45, 2.75) is 19.9 Å². The minimum absolute atomic E-state index is 0.0172. The van der Waals surface area contributed by atoms with E-state index in [-0.39, 0.29) is 17.4 Å². The Hall–Kier alpha value is -2.48. The van der Waals surface area contributed by atoms with Crippen molar-refractivity contribution in [3.63, 3.8) is 0 Å². The number of rotatable bonds is 5. The fraction of sp³-hybridized carbons (Fsp3) is 0.231. The number of hydrogen-bond acceptors (Lipinski definition) is 6. The number of hydrogen-bond donors (Lipinski definition) is 2. The van der Waals surface area contributed by atoms with E-state index in [9.17, 15) is 14.9 Å². The highest BCUT2D eigenvalue weighted by molar-refractivity contribution is 7.09. The highest BCUT2D eigenvalue weighted by atomic mass is 32.1. The second kappa shape index (κ2) is 5.88. The quantitative estimate of drug-likeness (QED) is 0.649. The highest BCUT2D eigenvalue weighted by Gasteiger charge is 2.15. The standard InChI is InChI=1S/C13H13N3O4S/c1-7-5-9(3-4-11(7)16(19)20)14-8(2)12-15-10(6-21-12)13(17)18/h3-6,8,14H,1-2H3,(H,17,18). The molecule has 1 atom stereocenters. The Morgan fingerprint density at radius 1 is 1.52 bits per heavy atom. The van der Waals surface area contributed by atoms with Crippen molar-refractivity contribution < 1.29 is 14.8 Å². The number of nitro groups is 1.